The van der Waals surface area contributed by atoms with E-state index in [-0.39, 0.29) is 4.90 Å². The highest BCUT2D eigenvalue weighted by atomic mass is 32.2. The number of hydrogen-bond acceptors (Lipinski definition) is 2. The van der Waals surface area contributed by atoms with E-state index in [0.717, 1.165) is 12.0 Å². The Morgan fingerprint density at radius 2 is 2.14 bits per heavy atom. The second-order valence-electron chi connectivity index (χ2n) is 2.90. The van der Waals surface area contributed by atoms with Crippen molar-refractivity contribution in [3.8, 4) is 0 Å². The summed E-state index contributed by atoms with van der Waals surface area (Å²) in [4.78, 5) is -0.0929. The van der Waals surface area contributed by atoms with Crippen molar-refractivity contribution >= 4 is 16.2 Å². The molecule has 0 aliphatic heterocycles. The van der Waals surface area contributed by atoms with E-state index in [4.69, 9.17) is 4.55 Å². The molecule has 0 fully saturated rings. The molecule has 14 heavy (non-hydrogen) atoms. The number of aryl methyl sites for hydroxylation is 1. The molecule has 0 radical (unpaired) electrons. The normalized spacial score (nSPS) is 11.3. The molecule has 0 aliphatic rings. The zero-order valence-electron chi connectivity index (χ0n) is 7.90. The Bertz CT molecular complexity index is 446. The molecule has 0 atom stereocenters. The van der Waals surface area contributed by atoms with Gasteiger partial charge in [-0.3, -0.25) is 4.55 Å². The van der Waals surface area contributed by atoms with E-state index in [2.05, 4.69) is 6.58 Å². The van der Waals surface area contributed by atoms with E-state index in [1.165, 1.54) is 12.1 Å². The second kappa shape index (κ2) is 3.94. The van der Waals surface area contributed by atoms with E-state index in [9.17, 15) is 8.42 Å². The molecule has 0 unspecified atom stereocenters. The van der Waals surface area contributed by atoms with E-state index in [0.29, 0.717) is 5.56 Å². The van der Waals surface area contributed by atoms with Gasteiger partial charge in [-0.2, -0.15) is 8.42 Å². The van der Waals surface area contributed by atoms with Gasteiger partial charge in [-0.05, 0) is 23.6 Å². The first-order valence-electron chi connectivity index (χ1n) is 4.22. The third-order valence-electron chi connectivity index (χ3n) is 1.98. The van der Waals surface area contributed by atoms with Crippen molar-refractivity contribution in [2.45, 2.75) is 18.2 Å². The van der Waals surface area contributed by atoms with Gasteiger partial charge in [0, 0.05) is 0 Å². The Hall–Kier alpha value is -1.13. The summed E-state index contributed by atoms with van der Waals surface area (Å²) in [6, 6.07) is 4.78. The molecule has 0 saturated carbocycles. The maximum Gasteiger partial charge on any atom is 0.295 e. The predicted octanol–water partition coefficient (Wildman–Crippen LogP) is 2.14. The minimum absolute atomic E-state index is 0.0929. The first-order chi connectivity index (χ1) is 6.49. The standard InChI is InChI=1S/C10H12O3S/c1-3-8-5-6-10(14(11,12)13)9(4-2)7-8/h4-7H,2-3H2,1H3,(H,11,12,13). The smallest absolute Gasteiger partial charge is 0.282 e. The van der Waals surface area contributed by atoms with E-state index in [1.54, 1.807) is 12.1 Å². The number of hydrogen-bond donors (Lipinski definition) is 1. The molecular formula is C10H12O3S. The van der Waals surface area contributed by atoms with Crippen molar-refractivity contribution in [3.63, 3.8) is 0 Å². The Labute approximate surface area is 83.8 Å². The molecule has 0 spiro atoms. The second-order valence-corrected chi connectivity index (χ2v) is 4.29. The number of benzene rings is 1. The fourth-order valence-corrected chi connectivity index (χ4v) is 1.89. The quantitative estimate of drug-likeness (QED) is 0.781. The average Bonchev–Trinajstić information content (AvgIpc) is 2.15. The lowest BCUT2D eigenvalue weighted by atomic mass is 10.1. The summed E-state index contributed by atoms with van der Waals surface area (Å²) >= 11 is 0. The highest BCUT2D eigenvalue weighted by molar-refractivity contribution is 7.85. The van der Waals surface area contributed by atoms with Gasteiger partial charge in [-0.1, -0.05) is 31.7 Å². The summed E-state index contributed by atoms with van der Waals surface area (Å²) in [5.74, 6) is 0. The molecule has 0 bridgehead atoms. The molecule has 1 N–H and O–H groups in total. The minimum Gasteiger partial charge on any atom is -0.282 e. The van der Waals surface area contributed by atoms with E-state index < -0.39 is 10.1 Å². The molecule has 76 valence electrons. The molecular weight excluding hydrogens is 200 g/mol. The monoisotopic (exact) mass is 212 g/mol. The van der Waals surface area contributed by atoms with Gasteiger partial charge in [-0.15, -0.1) is 0 Å². The largest absolute Gasteiger partial charge is 0.295 e. The molecule has 1 rings (SSSR count). The molecule has 0 saturated heterocycles. The summed E-state index contributed by atoms with van der Waals surface area (Å²) in [7, 11) is -4.14. The van der Waals surface area contributed by atoms with E-state index in [1.807, 2.05) is 6.92 Å². The third-order valence-corrected chi connectivity index (χ3v) is 2.91. The van der Waals surface area contributed by atoms with Crippen molar-refractivity contribution in [1.82, 2.24) is 0 Å². The zero-order chi connectivity index (χ0) is 10.8. The Kier molecular flexibility index (Phi) is 3.08. The summed E-state index contributed by atoms with van der Waals surface area (Å²) in [5.41, 5.74) is 1.44. The van der Waals surface area contributed by atoms with Gasteiger partial charge in [0.05, 0.1) is 0 Å². The molecule has 4 heteroatoms. The van der Waals surface area contributed by atoms with Crippen LogP contribution in [0, 0.1) is 0 Å². The van der Waals surface area contributed by atoms with Crippen LogP contribution >= 0.6 is 0 Å². The molecule has 0 amide bonds. The van der Waals surface area contributed by atoms with Crippen molar-refractivity contribution in [3.05, 3.63) is 35.9 Å². The maximum absolute atomic E-state index is 10.9. The fraction of sp³-hybridized carbons (Fsp3) is 0.200. The summed E-state index contributed by atoms with van der Waals surface area (Å²) < 4.78 is 30.7. The lowest BCUT2D eigenvalue weighted by Gasteiger charge is -2.04. The lowest BCUT2D eigenvalue weighted by Crippen LogP contribution is -2.01. The summed E-state index contributed by atoms with van der Waals surface area (Å²) in [6.45, 7) is 5.47. The van der Waals surface area contributed by atoms with Gasteiger partial charge < -0.3 is 0 Å². The highest BCUT2D eigenvalue weighted by Crippen LogP contribution is 2.18. The van der Waals surface area contributed by atoms with Gasteiger partial charge in [0.2, 0.25) is 0 Å². The van der Waals surface area contributed by atoms with Crippen molar-refractivity contribution in [1.29, 1.82) is 0 Å². The van der Waals surface area contributed by atoms with Crippen LogP contribution in [0.5, 0.6) is 0 Å². The van der Waals surface area contributed by atoms with Crippen LogP contribution in [0.2, 0.25) is 0 Å². The van der Waals surface area contributed by atoms with Crippen LogP contribution in [0.1, 0.15) is 18.1 Å². The van der Waals surface area contributed by atoms with Crippen LogP contribution in [0.15, 0.2) is 29.7 Å². The van der Waals surface area contributed by atoms with Crippen LogP contribution < -0.4 is 0 Å². The van der Waals surface area contributed by atoms with Crippen molar-refractivity contribution < 1.29 is 13.0 Å². The topological polar surface area (TPSA) is 54.4 Å². The summed E-state index contributed by atoms with van der Waals surface area (Å²) in [6.07, 6.45) is 2.23. The predicted molar refractivity (Wildman–Crippen MR) is 55.7 cm³/mol. The summed E-state index contributed by atoms with van der Waals surface area (Å²) in [5, 5.41) is 0. The zero-order valence-corrected chi connectivity index (χ0v) is 8.71. The van der Waals surface area contributed by atoms with E-state index >= 15 is 0 Å². The molecule has 0 heterocycles. The Morgan fingerprint density at radius 1 is 1.50 bits per heavy atom. The van der Waals surface area contributed by atoms with Gasteiger partial charge in [0.15, 0.2) is 0 Å². The van der Waals surface area contributed by atoms with Crippen LogP contribution in [-0.4, -0.2) is 13.0 Å². The molecule has 0 aromatic heterocycles. The van der Waals surface area contributed by atoms with Crippen LogP contribution in [0.3, 0.4) is 0 Å². The fourth-order valence-electron chi connectivity index (χ4n) is 1.21. The van der Waals surface area contributed by atoms with Gasteiger partial charge in [-0.25, -0.2) is 0 Å². The maximum atomic E-state index is 10.9. The minimum atomic E-state index is -4.14. The third kappa shape index (κ3) is 2.21. The molecule has 1 aromatic carbocycles. The van der Waals surface area contributed by atoms with Crippen molar-refractivity contribution in [2.24, 2.45) is 0 Å². The Morgan fingerprint density at radius 3 is 2.57 bits per heavy atom. The average molecular weight is 212 g/mol. The molecule has 0 aliphatic carbocycles. The van der Waals surface area contributed by atoms with Gasteiger partial charge in [0.1, 0.15) is 4.90 Å². The highest BCUT2D eigenvalue weighted by Gasteiger charge is 2.13. The first kappa shape index (κ1) is 10.9. The number of rotatable bonds is 3. The molecule has 3 nitrogen and oxygen atoms in total. The molecule has 1 aromatic rings. The van der Waals surface area contributed by atoms with Crippen molar-refractivity contribution in [2.75, 3.05) is 0 Å². The first-order valence-corrected chi connectivity index (χ1v) is 5.66. The SMILES string of the molecule is C=Cc1cc(CC)ccc1S(=O)(=O)O. The van der Waals surface area contributed by atoms with Crippen LogP contribution in [0.4, 0.5) is 0 Å². The van der Waals surface area contributed by atoms with Gasteiger partial charge >= 0.3 is 0 Å². The van der Waals surface area contributed by atoms with Crippen LogP contribution in [-0.2, 0) is 16.5 Å². The van der Waals surface area contributed by atoms with Crippen LogP contribution in [0.25, 0.3) is 6.08 Å². The van der Waals surface area contributed by atoms with Gasteiger partial charge in [0.25, 0.3) is 10.1 Å². The lowest BCUT2D eigenvalue weighted by molar-refractivity contribution is 0.483. The Balaban J connectivity index is 3.40.